The van der Waals surface area contributed by atoms with Gasteiger partial charge >= 0.3 is 11.9 Å². The summed E-state index contributed by atoms with van der Waals surface area (Å²) in [6.45, 7) is 3.98. The van der Waals surface area contributed by atoms with Gasteiger partial charge in [-0.3, -0.25) is 19.2 Å². The number of carbonyl (C=O) groups is 5. The summed E-state index contributed by atoms with van der Waals surface area (Å²) < 4.78 is 0. The number of carbonyl (C=O) groups excluding carboxylic acids is 3. The molecule has 0 saturated carbocycles. The van der Waals surface area contributed by atoms with Crippen LogP contribution in [0.25, 0.3) is 0 Å². The molecule has 0 radical (unpaired) electrons. The predicted octanol–water partition coefficient (Wildman–Crippen LogP) is -0.253. The number of hydrogen-bond donors (Lipinski definition) is 7. The molecule has 12 nitrogen and oxygen atoms in total. The molecule has 0 aromatic heterocycles. The molecule has 1 aromatic rings. The molecule has 1 aliphatic rings. The molecule has 1 aliphatic heterocycles. The number of aromatic hydroxyl groups is 1. The van der Waals surface area contributed by atoms with E-state index < -0.39 is 59.7 Å². The van der Waals surface area contributed by atoms with Crippen LogP contribution >= 0.6 is 0 Å². The highest BCUT2D eigenvalue weighted by atomic mass is 16.4. The normalized spacial score (nSPS) is 17.6. The van der Waals surface area contributed by atoms with Crippen LogP contribution in [0.2, 0.25) is 0 Å². The number of rotatable bonds is 13. The van der Waals surface area contributed by atoms with Gasteiger partial charge in [0.05, 0.1) is 6.04 Å². The van der Waals surface area contributed by atoms with E-state index in [1.807, 2.05) is 0 Å². The van der Waals surface area contributed by atoms with E-state index in [2.05, 4.69) is 21.3 Å². The Kier molecular flexibility index (Phi) is 10.7. The Balaban J connectivity index is 2.10. The van der Waals surface area contributed by atoms with Gasteiger partial charge in [0.25, 0.3) is 0 Å². The quantitative estimate of drug-likeness (QED) is 0.189. The molecule has 2 rings (SSSR count). The lowest BCUT2D eigenvalue weighted by Gasteiger charge is -2.27. The maximum Gasteiger partial charge on any atom is 0.326 e. The van der Waals surface area contributed by atoms with Crippen LogP contribution in [-0.2, 0) is 30.4 Å². The van der Waals surface area contributed by atoms with E-state index in [1.165, 1.54) is 24.3 Å². The summed E-state index contributed by atoms with van der Waals surface area (Å²) in [6, 6.07) is 1.79. The van der Waals surface area contributed by atoms with Gasteiger partial charge in [-0.2, -0.15) is 0 Å². The van der Waals surface area contributed by atoms with Crippen LogP contribution in [0.15, 0.2) is 24.3 Å². The second-order valence-electron chi connectivity index (χ2n) is 9.14. The number of carboxylic acid groups (broad SMARTS) is 2. The molecule has 198 valence electrons. The minimum Gasteiger partial charge on any atom is -0.508 e. The molecule has 0 spiro atoms. The van der Waals surface area contributed by atoms with Gasteiger partial charge in [-0.1, -0.05) is 26.0 Å². The van der Waals surface area contributed by atoms with Crippen LogP contribution in [0.5, 0.6) is 5.75 Å². The van der Waals surface area contributed by atoms with Crippen molar-refractivity contribution >= 4 is 29.7 Å². The molecule has 0 aliphatic carbocycles. The van der Waals surface area contributed by atoms with Gasteiger partial charge in [-0.05, 0) is 49.4 Å². The molecule has 1 fully saturated rings. The highest BCUT2D eigenvalue weighted by Crippen LogP contribution is 2.13. The van der Waals surface area contributed by atoms with Crippen molar-refractivity contribution in [2.24, 2.45) is 5.92 Å². The molecule has 12 heteroatoms. The van der Waals surface area contributed by atoms with E-state index in [9.17, 15) is 34.2 Å². The van der Waals surface area contributed by atoms with Crippen molar-refractivity contribution in [2.45, 2.75) is 70.1 Å². The monoisotopic (exact) mass is 506 g/mol. The van der Waals surface area contributed by atoms with Crippen LogP contribution in [0.3, 0.4) is 0 Å². The first-order chi connectivity index (χ1) is 17.0. The fraction of sp³-hybridized carbons (Fsp3) is 0.542. The number of amides is 3. The van der Waals surface area contributed by atoms with Gasteiger partial charge in [0.15, 0.2) is 0 Å². The number of carboxylic acids is 2. The highest BCUT2D eigenvalue weighted by molar-refractivity contribution is 5.94. The summed E-state index contributed by atoms with van der Waals surface area (Å²) in [5.41, 5.74) is 0.572. The zero-order valence-corrected chi connectivity index (χ0v) is 20.3. The summed E-state index contributed by atoms with van der Waals surface area (Å²) in [6.07, 6.45) is 0.793. The van der Waals surface area contributed by atoms with Gasteiger partial charge < -0.3 is 36.6 Å². The first-order valence-electron chi connectivity index (χ1n) is 11.8. The minimum atomic E-state index is -1.30. The van der Waals surface area contributed by atoms with Crippen molar-refractivity contribution in [1.29, 1.82) is 0 Å². The first-order valence-corrected chi connectivity index (χ1v) is 11.8. The summed E-state index contributed by atoms with van der Waals surface area (Å²) in [7, 11) is 0. The van der Waals surface area contributed by atoms with Crippen molar-refractivity contribution in [3.05, 3.63) is 29.8 Å². The maximum atomic E-state index is 13.0. The topological polar surface area (TPSA) is 194 Å². The molecule has 4 unspecified atom stereocenters. The van der Waals surface area contributed by atoms with E-state index >= 15 is 0 Å². The Morgan fingerprint density at radius 1 is 0.972 bits per heavy atom. The second-order valence-corrected chi connectivity index (χ2v) is 9.14. The lowest BCUT2D eigenvalue weighted by atomic mass is 10.00. The van der Waals surface area contributed by atoms with Crippen LogP contribution < -0.4 is 21.3 Å². The maximum absolute atomic E-state index is 13.0. The molecule has 0 bridgehead atoms. The van der Waals surface area contributed by atoms with Gasteiger partial charge in [-0.15, -0.1) is 0 Å². The average Bonchev–Trinajstić information content (AvgIpc) is 3.35. The standard InChI is InChI=1S/C24H34N4O8/c1-13(2)20(23(34)27-18(24(35)36)12-14-5-7-15(29)8-6-14)28-22(33)17(9-10-19(30)31)26-21(32)16-4-3-11-25-16/h5-8,13,16-18,20,25,29H,3-4,9-12H2,1-2H3,(H,26,32)(H,27,34)(H,28,33)(H,30,31)(H,35,36). The Morgan fingerprint density at radius 2 is 1.64 bits per heavy atom. The Morgan fingerprint density at radius 3 is 2.17 bits per heavy atom. The van der Waals surface area contributed by atoms with Crippen molar-refractivity contribution in [3.63, 3.8) is 0 Å². The Bertz CT molecular complexity index is 944. The fourth-order valence-electron chi connectivity index (χ4n) is 3.84. The summed E-state index contributed by atoms with van der Waals surface area (Å²) in [5, 5.41) is 38.6. The Hall–Kier alpha value is -3.67. The molecular weight excluding hydrogens is 472 g/mol. The van der Waals surface area contributed by atoms with E-state index in [1.54, 1.807) is 13.8 Å². The zero-order chi connectivity index (χ0) is 26.8. The van der Waals surface area contributed by atoms with E-state index in [0.717, 1.165) is 6.42 Å². The van der Waals surface area contributed by atoms with Crippen molar-refractivity contribution in [1.82, 2.24) is 21.3 Å². The number of hydrogen-bond acceptors (Lipinski definition) is 7. The molecule has 1 saturated heterocycles. The van der Waals surface area contributed by atoms with Crippen LogP contribution in [0.1, 0.15) is 45.1 Å². The van der Waals surface area contributed by atoms with Gasteiger partial charge in [0, 0.05) is 12.8 Å². The Labute approximate surface area is 208 Å². The van der Waals surface area contributed by atoms with Gasteiger partial charge in [0.2, 0.25) is 17.7 Å². The third-order valence-corrected chi connectivity index (χ3v) is 5.89. The average molecular weight is 507 g/mol. The van der Waals surface area contributed by atoms with Crippen molar-refractivity contribution in [2.75, 3.05) is 6.54 Å². The number of phenolic OH excluding ortho intramolecular Hbond substituents is 1. The minimum absolute atomic E-state index is 0.0190. The van der Waals surface area contributed by atoms with Crippen molar-refractivity contribution in [3.8, 4) is 5.75 Å². The second kappa shape index (κ2) is 13.4. The third-order valence-electron chi connectivity index (χ3n) is 5.89. The fourth-order valence-corrected chi connectivity index (χ4v) is 3.84. The van der Waals surface area contributed by atoms with E-state index in [0.29, 0.717) is 18.5 Å². The molecule has 4 atom stereocenters. The summed E-state index contributed by atoms with van der Waals surface area (Å²) in [5.74, 6) is -4.73. The van der Waals surface area contributed by atoms with Crippen LogP contribution in [0, 0.1) is 5.92 Å². The SMILES string of the molecule is CC(C)C(NC(=O)C(CCC(=O)O)NC(=O)C1CCCN1)C(=O)NC(Cc1ccc(O)cc1)C(=O)O. The summed E-state index contributed by atoms with van der Waals surface area (Å²) in [4.78, 5) is 61.3. The van der Waals surface area contributed by atoms with E-state index in [4.69, 9.17) is 5.11 Å². The van der Waals surface area contributed by atoms with Crippen molar-refractivity contribution < 1.29 is 39.3 Å². The van der Waals surface area contributed by atoms with Crippen LogP contribution in [-0.4, -0.2) is 75.7 Å². The number of benzene rings is 1. The third kappa shape index (κ3) is 8.84. The molecule has 1 heterocycles. The number of phenols is 1. The molecular formula is C24H34N4O8. The lowest BCUT2D eigenvalue weighted by Crippen LogP contribution is -2.58. The van der Waals surface area contributed by atoms with Gasteiger partial charge in [-0.25, -0.2) is 4.79 Å². The smallest absolute Gasteiger partial charge is 0.326 e. The molecule has 1 aromatic carbocycles. The molecule has 3 amide bonds. The molecule has 36 heavy (non-hydrogen) atoms. The predicted molar refractivity (Wildman–Crippen MR) is 128 cm³/mol. The van der Waals surface area contributed by atoms with E-state index in [-0.39, 0.29) is 25.0 Å². The molecule has 7 N–H and O–H groups in total. The van der Waals surface area contributed by atoms with Gasteiger partial charge in [0.1, 0.15) is 23.9 Å². The zero-order valence-electron chi connectivity index (χ0n) is 20.3. The number of aliphatic carboxylic acids is 2. The lowest BCUT2D eigenvalue weighted by molar-refractivity contribution is -0.142. The first kappa shape index (κ1) is 28.6. The number of nitrogens with one attached hydrogen (secondary N) is 4. The summed E-state index contributed by atoms with van der Waals surface area (Å²) >= 11 is 0. The highest BCUT2D eigenvalue weighted by Gasteiger charge is 2.33. The largest absolute Gasteiger partial charge is 0.508 e. The van der Waals surface area contributed by atoms with Crippen LogP contribution in [0.4, 0.5) is 0 Å².